The summed E-state index contributed by atoms with van der Waals surface area (Å²) in [5.41, 5.74) is -0.686. The van der Waals surface area contributed by atoms with E-state index in [1.54, 1.807) is 13.8 Å². The summed E-state index contributed by atoms with van der Waals surface area (Å²) in [5, 5.41) is 66.3. The zero-order valence-corrected chi connectivity index (χ0v) is 32.9. The summed E-state index contributed by atoms with van der Waals surface area (Å²) < 4.78 is 42.1. The Bertz CT molecular complexity index is 1410. The molecule has 0 unspecified atom stereocenters. The van der Waals surface area contributed by atoms with Gasteiger partial charge in [0.05, 0.1) is 54.4 Å². The largest absolute Gasteiger partial charge is 0.458 e. The number of carbonyl (C=O) groups excluding carboxylic acids is 1. The first kappa shape index (κ1) is 40.5. The van der Waals surface area contributed by atoms with E-state index in [2.05, 4.69) is 13.8 Å². The normalized spacial score (nSPS) is 55.5. The van der Waals surface area contributed by atoms with E-state index in [4.69, 9.17) is 33.2 Å². The third-order valence-electron chi connectivity index (χ3n) is 15.8. The van der Waals surface area contributed by atoms with Crippen molar-refractivity contribution in [3.63, 3.8) is 0 Å². The van der Waals surface area contributed by atoms with E-state index in [0.29, 0.717) is 18.3 Å². The van der Waals surface area contributed by atoms with Gasteiger partial charge in [-0.1, -0.05) is 13.8 Å². The Labute approximate surface area is 323 Å². The number of aliphatic hydroxyl groups is 6. The molecule has 312 valence electrons. The molecule has 4 aliphatic heterocycles. The number of esters is 1. The number of carbonyl (C=O) groups is 1. The molecule has 14 heteroatoms. The minimum atomic E-state index is -1.01. The lowest BCUT2D eigenvalue weighted by Crippen LogP contribution is -2.62. The highest BCUT2D eigenvalue weighted by molar-refractivity contribution is 5.85. The van der Waals surface area contributed by atoms with Crippen LogP contribution in [0.4, 0.5) is 0 Å². The van der Waals surface area contributed by atoms with Crippen LogP contribution in [0, 0.1) is 34.5 Å². The fourth-order valence-electron chi connectivity index (χ4n) is 12.9. The molecule has 0 amide bonds. The van der Waals surface area contributed by atoms with Crippen LogP contribution >= 0.6 is 0 Å². The molecule has 8 rings (SSSR count). The molecule has 0 aromatic heterocycles. The van der Waals surface area contributed by atoms with Gasteiger partial charge in [-0.3, -0.25) is 0 Å². The highest BCUT2D eigenvalue weighted by atomic mass is 16.7. The van der Waals surface area contributed by atoms with Gasteiger partial charge in [0.25, 0.3) is 0 Å². The predicted molar refractivity (Wildman–Crippen MR) is 193 cm³/mol. The van der Waals surface area contributed by atoms with E-state index in [1.165, 1.54) is 6.08 Å². The Kier molecular flexibility index (Phi) is 11.1. The van der Waals surface area contributed by atoms with Gasteiger partial charge in [0.15, 0.2) is 18.9 Å². The van der Waals surface area contributed by atoms with Gasteiger partial charge in [0.2, 0.25) is 0 Å². The van der Waals surface area contributed by atoms with Crippen LogP contribution in [0.5, 0.6) is 0 Å². The smallest absolute Gasteiger partial charge is 0.331 e. The van der Waals surface area contributed by atoms with Gasteiger partial charge in [-0.2, -0.15) is 0 Å². The number of ether oxygens (including phenoxy) is 7. The second kappa shape index (κ2) is 15.1. The number of aliphatic hydroxyl groups excluding tert-OH is 5. The second-order valence-electron chi connectivity index (χ2n) is 18.9. The molecule has 6 N–H and O–H groups in total. The maximum absolute atomic E-state index is 12.6. The van der Waals surface area contributed by atoms with Crippen molar-refractivity contribution in [1.82, 2.24) is 0 Å². The van der Waals surface area contributed by atoms with Gasteiger partial charge < -0.3 is 63.8 Å². The average Bonchev–Trinajstić information content (AvgIpc) is 3.62. The van der Waals surface area contributed by atoms with E-state index >= 15 is 0 Å². The average molecular weight is 781 g/mol. The Morgan fingerprint density at radius 2 is 1.29 bits per heavy atom. The molecule has 0 radical (unpaired) electrons. The van der Waals surface area contributed by atoms with Gasteiger partial charge in [-0.05, 0) is 94.5 Å². The van der Waals surface area contributed by atoms with E-state index in [9.17, 15) is 35.4 Å². The lowest BCUT2D eigenvalue weighted by Gasteiger charge is -2.63. The quantitative estimate of drug-likeness (QED) is 0.162. The molecule has 0 aromatic rings. The van der Waals surface area contributed by atoms with Crippen molar-refractivity contribution in [2.75, 3.05) is 6.61 Å². The first-order chi connectivity index (χ1) is 26.0. The summed E-state index contributed by atoms with van der Waals surface area (Å²) in [5.74, 6) is 0.174. The van der Waals surface area contributed by atoms with Gasteiger partial charge in [0.1, 0.15) is 24.9 Å². The topological polar surface area (TPSA) is 203 Å². The first-order valence-electron chi connectivity index (χ1n) is 20.9. The fourth-order valence-corrected chi connectivity index (χ4v) is 12.9. The summed E-state index contributed by atoms with van der Waals surface area (Å²) in [6.07, 6.45) is -1.26. The molecule has 8 aliphatic rings. The lowest BCUT2D eigenvalue weighted by molar-refractivity contribution is -0.336. The SMILES string of the molecule is C[C@@H]1O[C@@H](O[C@H]2[C@@H](O)C[C@H](O[C@H]3CC[C@@]4(C)[C@H](CC[C@@H]5[C@@H]4CC[C@]4(C)[C@@H](C6=CC(=O)OC6)[C@@H](O)C[C@]54O)C3)O[C@@H]2C)C[C@H](O)[C@@H]1O[C@H]1C[C@H](O)[C@H](O)[C@@H](C)O1. The van der Waals surface area contributed by atoms with Crippen molar-refractivity contribution in [1.29, 1.82) is 0 Å². The van der Waals surface area contributed by atoms with Gasteiger partial charge in [0, 0.05) is 43.1 Å². The molecule has 0 aromatic carbocycles. The summed E-state index contributed by atoms with van der Waals surface area (Å²) in [4.78, 5) is 12.0. The van der Waals surface area contributed by atoms with Crippen LogP contribution in [0.3, 0.4) is 0 Å². The van der Waals surface area contributed by atoms with E-state index in [1.807, 2.05) is 6.92 Å². The minimum absolute atomic E-state index is 0.0203. The summed E-state index contributed by atoms with van der Waals surface area (Å²) in [6.45, 7) is 9.98. The molecule has 4 heterocycles. The summed E-state index contributed by atoms with van der Waals surface area (Å²) >= 11 is 0. The molecule has 55 heavy (non-hydrogen) atoms. The van der Waals surface area contributed by atoms with Gasteiger partial charge in [-0.15, -0.1) is 0 Å². The van der Waals surface area contributed by atoms with Crippen molar-refractivity contribution in [3.05, 3.63) is 11.6 Å². The molecule has 0 bridgehead atoms. The van der Waals surface area contributed by atoms with Crippen LogP contribution in [0.1, 0.15) is 105 Å². The van der Waals surface area contributed by atoms with Crippen molar-refractivity contribution >= 4 is 5.97 Å². The van der Waals surface area contributed by atoms with Crippen molar-refractivity contribution in [2.45, 2.75) is 197 Å². The Balaban J connectivity index is 0.834. The zero-order valence-electron chi connectivity index (χ0n) is 32.9. The van der Waals surface area contributed by atoms with E-state index in [0.717, 1.165) is 50.5 Å². The van der Waals surface area contributed by atoms with Gasteiger partial charge in [-0.25, -0.2) is 4.79 Å². The van der Waals surface area contributed by atoms with Crippen LogP contribution in [-0.4, -0.2) is 135 Å². The van der Waals surface area contributed by atoms with Crippen LogP contribution in [-0.2, 0) is 38.0 Å². The molecule has 0 spiro atoms. The highest BCUT2D eigenvalue weighted by Crippen LogP contribution is 2.70. The molecule has 14 nitrogen and oxygen atoms in total. The molecule has 7 fully saturated rings. The van der Waals surface area contributed by atoms with Crippen molar-refractivity contribution in [2.24, 2.45) is 34.5 Å². The zero-order chi connectivity index (χ0) is 39.2. The van der Waals surface area contributed by atoms with E-state index in [-0.39, 0.29) is 55.2 Å². The first-order valence-corrected chi connectivity index (χ1v) is 20.9. The monoisotopic (exact) mass is 780 g/mol. The van der Waals surface area contributed by atoms with E-state index < -0.39 is 90.9 Å². The molecule has 3 saturated heterocycles. The lowest BCUT2D eigenvalue weighted by atomic mass is 9.43. The number of rotatable bonds is 7. The number of hydrogen-bond acceptors (Lipinski definition) is 14. The summed E-state index contributed by atoms with van der Waals surface area (Å²) in [6, 6.07) is 0. The maximum Gasteiger partial charge on any atom is 0.331 e. The maximum atomic E-state index is 12.6. The van der Waals surface area contributed by atoms with Crippen LogP contribution in [0.15, 0.2) is 11.6 Å². The second-order valence-corrected chi connectivity index (χ2v) is 18.9. The van der Waals surface area contributed by atoms with Crippen molar-refractivity contribution < 1.29 is 68.6 Å². The van der Waals surface area contributed by atoms with Crippen LogP contribution in [0.25, 0.3) is 0 Å². The highest BCUT2D eigenvalue weighted by Gasteiger charge is 2.70. The minimum Gasteiger partial charge on any atom is -0.458 e. The standard InChI is InChI=1S/C41H64O14/c1-19-36(47)27(42)14-33(50-19)54-38-21(3)52-34(16-29(38)44)55-37-20(2)51-32(15-28(37)43)53-24-8-10-39(4)23(13-24)6-7-26-25(39)9-11-40(5)35(22-12-31(46)49-18-22)30(45)17-41(26,40)48/h12,19-21,23-30,32-38,42-45,47-48H,6-11,13-18H2,1-5H3/t19-,20-,21+,23-,24+,25+,26-,27+,28+,29+,30+,32+,33+,34+,35+,36-,37-,38-,39+,40-,41+/m1/s1. The third-order valence-corrected chi connectivity index (χ3v) is 15.8. The fraction of sp³-hybridized carbons (Fsp3) is 0.927. The van der Waals surface area contributed by atoms with Gasteiger partial charge >= 0.3 is 5.97 Å². The number of hydrogen-bond donors (Lipinski definition) is 6. The molecular formula is C41H64O14. The Hall–Kier alpha value is -1.27. The molecule has 21 atom stereocenters. The predicted octanol–water partition coefficient (Wildman–Crippen LogP) is 2.22. The van der Waals surface area contributed by atoms with Crippen LogP contribution in [0.2, 0.25) is 0 Å². The Morgan fingerprint density at radius 1 is 0.691 bits per heavy atom. The summed E-state index contributed by atoms with van der Waals surface area (Å²) in [7, 11) is 0. The van der Waals surface area contributed by atoms with Crippen LogP contribution < -0.4 is 0 Å². The van der Waals surface area contributed by atoms with Crippen molar-refractivity contribution in [3.8, 4) is 0 Å². The molecule has 4 aliphatic carbocycles. The number of cyclic esters (lactones) is 1. The Morgan fingerprint density at radius 3 is 1.87 bits per heavy atom. The molecular weight excluding hydrogens is 716 g/mol. The number of fused-ring (bicyclic) bond motifs is 5. The third kappa shape index (κ3) is 7.05. The molecule has 4 saturated carbocycles.